The summed E-state index contributed by atoms with van der Waals surface area (Å²) in [5, 5.41) is 17.9. The second-order valence-corrected chi connectivity index (χ2v) is 9.06. The molecule has 3 aromatic rings. The number of carboxylic acids is 1. The number of ether oxygens (including phenoxy) is 2. The third-order valence-corrected chi connectivity index (χ3v) is 6.58. The van der Waals surface area contributed by atoms with Gasteiger partial charge >= 0.3 is 17.9 Å². The summed E-state index contributed by atoms with van der Waals surface area (Å²) in [6.07, 6.45) is 2.04. The van der Waals surface area contributed by atoms with E-state index in [1.807, 2.05) is 72.8 Å². The highest BCUT2D eigenvalue weighted by Gasteiger charge is 2.28. The summed E-state index contributed by atoms with van der Waals surface area (Å²) >= 11 is 0. The summed E-state index contributed by atoms with van der Waals surface area (Å²) < 4.78 is 9.33. The molecule has 4 N–H and O–H groups in total. The highest BCUT2D eigenvalue weighted by atomic mass is 16.5. The van der Waals surface area contributed by atoms with Crippen molar-refractivity contribution in [1.82, 2.24) is 0 Å². The maximum absolute atomic E-state index is 11.2. The Hall–Kier alpha value is -4.53. The molecule has 0 spiro atoms. The van der Waals surface area contributed by atoms with Crippen LogP contribution in [0.1, 0.15) is 16.7 Å². The van der Waals surface area contributed by atoms with Crippen LogP contribution in [0.2, 0.25) is 0 Å². The lowest BCUT2D eigenvalue weighted by Crippen LogP contribution is -2.27. The molecule has 198 valence electrons. The molecule has 0 saturated heterocycles. The van der Waals surface area contributed by atoms with Crippen molar-refractivity contribution in [2.45, 2.75) is 37.4 Å². The monoisotopic (exact) mass is 517 g/mol. The largest absolute Gasteiger partial charge is 0.480 e. The van der Waals surface area contributed by atoms with Gasteiger partial charge in [-0.05, 0) is 34.9 Å². The summed E-state index contributed by atoms with van der Waals surface area (Å²) in [4.78, 5) is 33.0. The maximum Gasteiger partial charge on any atom is 0.328 e. The number of methoxy groups -OCH3 is 2. The zero-order chi connectivity index (χ0) is 27.1. The van der Waals surface area contributed by atoms with Crippen molar-refractivity contribution in [3.63, 3.8) is 0 Å². The molecular formula is C29H31N3O6. The van der Waals surface area contributed by atoms with E-state index in [2.05, 4.69) is 25.4 Å². The molecule has 0 saturated carbocycles. The van der Waals surface area contributed by atoms with Crippen LogP contribution in [-0.2, 0) is 43.1 Å². The number of hydrogen-bond donors (Lipinski definition) is 4. The minimum Gasteiger partial charge on any atom is -0.480 e. The second kappa shape index (κ2) is 12.1. The number of carbonyl (C=O) groups excluding carboxylic acids is 2. The van der Waals surface area contributed by atoms with Crippen LogP contribution in [0.4, 0.5) is 17.1 Å². The first-order valence-electron chi connectivity index (χ1n) is 12.3. The lowest BCUT2D eigenvalue weighted by atomic mass is 10.1. The van der Waals surface area contributed by atoms with Gasteiger partial charge in [0.15, 0.2) is 0 Å². The van der Waals surface area contributed by atoms with Crippen molar-refractivity contribution < 1.29 is 29.0 Å². The second-order valence-electron chi connectivity index (χ2n) is 9.06. The molecule has 3 aromatic carbocycles. The number of aliphatic carboxylic acids is 1. The van der Waals surface area contributed by atoms with E-state index in [1.54, 1.807) is 0 Å². The highest BCUT2D eigenvalue weighted by molar-refractivity contribution is 5.83. The van der Waals surface area contributed by atoms with Crippen LogP contribution < -0.4 is 16.0 Å². The Morgan fingerprint density at radius 1 is 0.605 bits per heavy atom. The van der Waals surface area contributed by atoms with Crippen molar-refractivity contribution in [2.75, 3.05) is 30.2 Å². The van der Waals surface area contributed by atoms with Crippen molar-refractivity contribution in [3.05, 3.63) is 89.5 Å². The van der Waals surface area contributed by atoms with Gasteiger partial charge in [-0.3, -0.25) is 0 Å². The highest BCUT2D eigenvalue weighted by Crippen LogP contribution is 2.27. The molecule has 0 aromatic heterocycles. The lowest BCUT2D eigenvalue weighted by molar-refractivity contribution is -0.142. The number of carboxylic acid groups (broad SMARTS) is 1. The average molecular weight is 518 g/mol. The molecule has 3 aliphatic heterocycles. The standard InChI is InChI=1S/2C10H11NO2.C9H9NO2/c2*1-13-10(12)9-6-7-4-2-3-5-8(7)11-9;11-9(12)8-5-6-3-1-2-4-7(6)10-8/h2*2-5,9,11H,6H2,1H3;1-4,8,10H,5H2,(H,11,12)/t9-;;8-/m0.1/s1. The van der Waals surface area contributed by atoms with Gasteiger partial charge in [0.25, 0.3) is 0 Å². The molecule has 9 heteroatoms. The molecule has 3 aliphatic rings. The number of benzene rings is 3. The van der Waals surface area contributed by atoms with Gasteiger partial charge in [-0.15, -0.1) is 0 Å². The minimum absolute atomic E-state index is 0.198. The Labute approximate surface area is 221 Å². The predicted octanol–water partition coefficient (Wildman–Crippen LogP) is 3.50. The zero-order valence-electron chi connectivity index (χ0n) is 21.3. The fourth-order valence-electron chi connectivity index (χ4n) is 4.61. The average Bonchev–Trinajstić information content (AvgIpc) is 3.69. The third kappa shape index (κ3) is 6.23. The Balaban J connectivity index is 0.000000133. The van der Waals surface area contributed by atoms with Crippen molar-refractivity contribution >= 4 is 35.0 Å². The Morgan fingerprint density at radius 2 is 0.921 bits per heavy atom. The van der Waals surface area contributed by atoms with Crippen LogP contribution in [0.5, 0.6) is 0 Å². The van der Waals surface area contributed by atoms with Gasteiger partial charge in [0.05, 0.1) is 14.2 Å². The number of anilines is 3. The van der Waals surface area contributed by atoms with Gasteiger partial charge in [-0.2, -0.15) is 0 Å². The number of para-hydroxylation sites is 3. The molecular weight excluding hydrogens is 486 g/mol. The quantitative estimate of drug-likeness (QED) is 0.386. The molecule has 3 heterocycles. The topological polar surface area (TPSA) is 126 Å². The zero-order valence-corrected chi connectivity index (χ0v) is 21.3. The Kier molecular flexibility index (Phi) is 8.47. The molecule has 1 unspecified atom stereocenters. The third-order valence-electron chi connectivity index (χ3n) is 6.58. The van der Waals surface area contributed by atoms with Crippen molar-refractivity contribution in [3.8, 4) is 0 Å². The fourth-order valence-corrected chi connectivity index (χ4v) is 4.61. The summed E-state index contributed by atoms with van der Waals surface area (Å²) in [6, 6.07) is 22.6. The SMILES string of the molecule is COC(=O)C1Cc2ccccc2N1.COC(=O)[C@@H]1Cc2ccccc2N1.O=C(O)[C@H]1Cc2ccccc2N1. The molecule has 3 atom stereocenters. The first-order valence-corrected chi connectivity index (χ1v) is 12.3. The van der Waals surface area contributed by atoms with E-state index in [9.17, 15) is 14.4 Å². The molecule has 0 radical (unpaired) electrons. The number of rotatable bonds is 3. The number of hydrogen-bond acceptors (Lipinski definition) is 8. The van der Waals surface area contributed by atoms with E-state index in [0.717, 1.165) is 35.5 Å². The molecule has 9 nitrogen and oxygen atoms in total. The van der Waals surface area contributed by atoms with E-state index in [1.165, 1.54) is 25.3 Å². The van der Waals surface area contributed by atoms with Crippen molar-refractivity contribution in [1.29, 1.82) is 0 Å². The Bertz CT molecular complexity index is 1170. The van der Waals surface area contributed by atoms with Crippen LogP contribution in [-0.4, -0.2) is 55.4 Å². The summed E-state index contributed by atoms with van der Waals surface area (Å²) in [5.74, 6) is -1.18. The predicted molar refractivity (Wildman–Crippen MR) is 144 cm³/mol. The van der Waals surface area contributed by atoms with Crippen molar-refractivity contribution in [2.24, 2.45) is 0 Å². The van der Waals surface area contributed by atoms with Gasteiger partial charge in [0, 0.05) is 36.3 Å². The number of nitrogens with one attached hydrogen (secondary N) is 3. The summed E-state index contributed by atoms with van der Waals surface area (Å²) in [6.45, 7) is 0. The molecule has 6 rings (SSSR count). The molecule has 0 fully saturated rings. The van der Waals surface area contributed by atoms with E-state index >= 15 is 0 Å². The van der Waals surface area contributed by atoms with Gasteiger partial charge in [0.2, 0.25) is 0 Å². The number of esters is 2. The molecule has 0 bridgehead atoms. The van der Waals surface area contributed by atoms with Gasteiger partial charge in [-0.25, -0.2) is 14.4 Å². The van der Waals surface area contributed by atoms with E-state index in [-0.39, 0.29) is 24.0 Å². The molecule has 0 aliphatic carbocycles. The molecule has 38 heavy (non-hydrogen) atoms. The first-order chi connectivity index (χ1) is 18.4. The summed E-state index contributed by atoms with van der Waals surface area (Å²) in [7, 11) is 2.82. The van der Waals surface area contributed by atoms with Crippen LogP contribution in [0.25, 0.3) is 0 Å². The van der Waals surface area contributed by atoms with Crippen LogP contribution in [0.15, 0.2) is 72.8 Å². The van der Waals surface area contributed by atoms with Crippen LogP contribution in [0.3, 0.4) is 0 Å². The van der Waals surface area contributed by atoms with Gasteiger partial charge < -0.3 is 30.5 Å². The van der Waals surface area contributed by atoms with Crippen LogP contribution in [0, 0.1) is 0 Å². The fraction of sp³-hybridized carbons (Fsp3) is 0.276. The van der Waals surface area contributed by atoms with E-state index in [4.69, 9.17) is 5.11 Å². The normalized spacial score (nSPS) is 19.3. The summed E-state index contributed by atoms with van der Waals surface area (Å²) in [5.41, 5.74) is 6.47. The van der Waals surface area contributed by atoms with E-state index < -0.39 is 12.0 Å². The lowest BCUT2D eigenvalue weighted by Gasteiger charge is -2.07. The Morgan fingerprint density at radius 3 is 1.24 bits per heavy atom. The first kappa shape index (κ1) is 26.5. The number of carbonyl (C=O) groups is 3. The van der Waals surface area contributed by atoms with Gasteiger partial charge in [0.1, 0.15) is 18.1 Å². The van der Waals surface area contributed by atoms with E-state index in [0.29, 0.717) is 6.42 Å². The maximum atomic E-state index is 11.2. The van der Waals surface area contributed by atoms with Gasteiger partial charge in [-0.1, -0.05) is 54.6 Å². The van der Waals surface area contributed by atoms with Crippen LogP contribution >= 0.6 is 0 Å². The smallest absolute Gasteiger partial charge is 0.328 e. The molecule has 0 amide bonds. The minimum atomic E-state index is -0.786. The number of fused-ring (bicyclic) bond motifs is 3.